The molecular formula is C11H16ClNO. The van der Waals surface area contributed by atoms with Gasteiger partial charge in [0, 0.05) is 11.6 Å². The smallest absolute Gasteiger partial charge is 0.0668 e. The summed E-state index contributed by atoms with van der Waals surface area (Å²) in [7, 11) is 0. The molecule has 0 aliphatic heterocycles. The molecule has 78 valence electrons. The van der Waals surface area contributed by atoms with Crippen LogP contribution in [0.25, 0.3) is 0 Å². The number of rotatable bonds is 4. The maximum absolute atomic E-state index is 9.39. The Hall–Kier alpha value is -0.570. The van der Waals surface area contributed by atoms with Crippen molar-refractivity contribution in [3.05, 3.63) is 34.9 Å². The highest BCUT2D eigenvalue weighted by Crippen LogP contribution is 2.21. The molecule has 2 nitrogen and oxygen atoms in total. The average molecular weight is 214 g/mol. The van der Waals surface area contributed by atoms with Gasteiger partial charge in [-0.25, -0.2) is 0 Å². The number of benzene rings is 1. The summed E-state index contributed by atoms with van der Waals surface area (Å²) in [5.74, 6) is 0.311. The number of hydrogen-bond donors (Lipinski definition) is 2. The topological polar surface area (TPSA) is 46.2 Å². The van der Waals surface area contributed by atoms with Crippen LogP contribution in [-0.4, -0.2) is 17.8 Å². The van der Waals surface area contributed by atoms with Gasteiger partial charge in [0.1, 0.15) is 0 Å². The second kappa shape index (κ2) is 5.35. The second-order valence-electron chi connectivity index (χ2n) is 3.58. The summed E-state index contributed by atoms with van der Waals surface area (Å²) in [5, 5.41) is 10.1. The van der Waals surface area contributed by atoms with E-state index in [0.717, 1.165) is 5.02 Å². The van der Waals surface area contributed by atoms with Crippen molar-refractivity contribution in [3.63, 3.8) is 0 Å². The molecule has 1 aromatic rings. The van der Waals surface area contributed by atoms with Crippen molar-refractivity contribution < 1.29 is 5.11 Å². The van der Waals surface area contributed by atoms with Gasteiger partial charge >= 0.3 is 0 Å². The first-order valence-corrected chi connectivity index (χ1v) is 5.15. The normalized spacial score (nSPS) is 15.1. The Kier molecular flexibility index (Phi) is 4.39. The highest BCUT2D eigenvalue weighted by atomic mass is 35.5. The molecule has 0 amide bonds. The molecule has 1 aromatic carbocycles. The number of hydrogen-bond acceptors (Lipinski definition) is 2. The summed E-state index contributed by atoms with van der Waals surface area (Å²) in [6.07, 6.45) is 0.277. The molecule has 0 saturated heterocycles. The Morgan fingerprint density at radius 3 is 2.43 bits per heavy atom. The predicted molar refractivity (Wildman–Crippen MR) is 59.5 cm³/mol. The van der Waals surface area contributed by atoms with Crippen LogP contribution >= 0.6 is 11.6 Å². The van der Waals surface area contributed by atoms with Gasteiger partial charge in [0.25, 0.3) is 0 Å². The van der Waals surface area contributed by atoms with Crippen molar-refractivity contribution in [2.75, 3.05) is 6.54 Å². The van der Waals surface area contributed by atoms with E-state index in [1.54, 1.807) is 0 Å². The van der Waals surface area contributed by atoms with Gasteiger partial charge in [0.05, 0.1) is 6.10 Å². The molecule has 0 radical (unpaired) electrons. The first kappa shape index (κ1) is 11.5. The molecule has 0 aromatic heterocycles. The summed E-state index contributed by atoms with van der Waals surface area (Å²) in [6.45, 7) is 2.39. The van der Waals surface area contributed by atoms with Gasteiger partial charge in [0.2, 0.25) is 0 Å². The van der Waals surface area contributed by atoms with Crippen molar-refractivity contribution in [1.29, 1.82) is 0 Å². The Balaban J connectivity index is 2.60. The van der Waals surface area contributed by atoms with Crippen LogP contribution in [0.2, 0.25) is 5.02 Å². The third kappa shape index (κ3) is 3.29. The molecule has 14 heavy (non-hydrogen) atoms. The van der Waals surface area contributed by atoms with Gasteiger partial charge < -0.3 is 10.8 Å². The zero-order valence-corrected chi connectivity index (χ0v) is 9.04. The summed E-state index contributed by atoms with van der Waals surface area (Å²) in [6, 6.07) is 7.69. The summed E-state index contributed by atoms with van der Waals surface area (Å²) < 4.78 is 0. The van der Waals surface area contributed by atoms with Crippen molar-refractivity contribution in [2.45, 2.75) is 25.4 Å². The lowest BCUT2D eigenvalue weighted by Crippen LogP contribution is -2.21. The van der Waals surface area contributed by atoms with Gasteiger partial charge in [-0.3, -0.25) is 0 Å². The van der Waals surface area contributed by atoms with Crippen molar-refractivity contribution in [3.8, 4) is 0 Å². The van der Waals surface area contributed by atoms with Crippen molar-refractivity contribution in [2.24, 2.45) is 5.73 Å². The van der Waals surface area contributed by atoms with Gasteiger partial charge in [-0.15, -0.1) is 0 Å². The maximum atomic E-state index is 9.39. The van der Waals surface area contributed by atoms with Crippen LogP contribution in [-0.2, 0) is 0 Å². The molecule has 0 aliphatic carbocycles. The molecule has 3 heteroatoms. The van der Waals surface area contributed by atoms with E-state index < -0.39 is 6.10 Å². The fourth-order valence-corrected chi connectivity index (χ4v) is 1.56. The molecule has 3 N–H and O–H groups in total. The molecule has 0 heterocycles. The van der Waals surface area contributed by atoms with Crippen LogP contribution in [0.1, 0.15) is 24.8 Å². The number of halogens is 1. The highest BCUT2D eigenvalue weighted by molar-refractivity contribution is 6.30. The number of nitrogens with two attached hydrogens (primary N) is 1. The first-order valence-electron chi connectivity index (χ1n) is 4.77. The predicted octanol–water partition coefficient (Wildman–Crippen LogP) is 2.15. The molecule has 0 spiro atoms. The Morgan fingerprint density at radius 2 is 1.93 bits per heavy atom. The lowest BCUT2D eigenvalue weighted by Gasteiger charge is -2.15. The van der Waals surface area contributed by atoms with E-state index in [9.17, 15) is 5.11 Å². The van der Waals surface area contributed by atoms with E-state index in [-0.39, 0.29) is 0 Å². The minimum Gasteiger partial charge on any atom is -0.392 e. The van der Waals surface area contributed by atoms with Crippen LogP contribution in [0.4, 0.5) is 0 Å². The third-order valence-electron chi connectivity index (χ3n) is 2.34. The van der Waals surface area contributed by atoms with Gasteiger partial charge in [-0.1, -0.05) is 30.7 Å². The SMILES string of the molecule is CC(CC(O)CN)c1ccc(Cl)cc1. The van der Waals surface area contributed by atoms with E-state index in [0.29, 0.717) is 18.9 Å². The Labute approximate surface area is 89.7 Å². The summed E-state index contributed by atoms with van der Waals surface area (Å²) >= 11 is 5.78. The first-order chi connectivity index (χ1) is 6.63. The van der Waals surface area contributed by atoms with Gasteiger partial charge in [-0.05, 0) is 30.0 Å². The van der Waals surface area contributed by atoms with Crippen LogP contribution in [0.15, 0.2) is 24.3 Å². The van der Waals surface area contributed by atoms with Crippen LogP contribution < -0.4 is 5.73 Å². The second-order valence-corrected chi connectivity index (χ2v) is 4.01. The third-order valence-corrected chi connectivity index (χ3v) is 2.59. The minimum atomic E-state index is -0.416. The Bertz CT molecular complexity index is 273. The molecule has 1 rings (SSSR count). The summed E-state index contributed by atoms with van der Waals surface area (Å²) in [4.78, 5) is 0. The van der Waals surface area contributed by atoms with E-state index in [4.69, 9.17) is 17.3 Å². The average Bonchev–Trinajstić information content (AvgIpc) is 2.18. The van der Waals surface area contributed by atoms with Gasteiger partial charge in [0.15, 0.2) is 0 Å². The minimum absolute atomic E-state index is 0.311. The summed E-state index contributed by atoms with van der Waals surface area (Å²) in [5.41, 5.74) is 6.53. The molecular weight excluding hydrogens is 198 g/mol. The fraction of sp³-hybridized carbons (Fsp3) is 0.455. The van der Waals surface area contributed by atoms with Crippen LogP contribution in [0.5, 0.6) is 0 Å². The molecule has 0 aliphatic rings. The molecule has 2 atom stereocenters. The highest BCUT2D eigenvalue weighted by Gasteiger charge is 2.10. The standard InChI is InChI=1S/C11H16ClNO/c1-8(6-11(14)7-13)9-2-4-10(12)5-3-9/h2-5,8,11,14H,6-7,13H2,1H3. The van der Waals surface area contributed by atoms with Crippen LogP contribution in [0, 0.1) is 0 Å². The van der Waals surface area contributed by atoms with Crippen LogP contribution in [0.3, 0.4) is 0 Å². The zero-order valence-electron chi connectivity index (χ0n) is 8.28. The van der Waals surface area contributed by atoms with E-state index >= 15 is 0 Å². The van der Waals surface area contributed by atoms with Crippen molar-refractivity contribution in [1.82, 2.24) is 0 Å². The quantitative estimate of drug-likeness (QED) is 0.805. The van der Waals surface area contributed by atoms with E-state index in [1.807, 2.05) is 24.3 Å². The van der Waals surface area contributed by atoms with E-state index in [1.165, 1.54) is 5.56 Å². The maximum Gasteiger partial charge on any atom is 0.0668 e. The molecule has 0 fully saturated rings. The zero-order chi connectivity index (χ0) is 10.6. The van der Waals surface area contributed by atoms with Gasteiger partial charge in [-0.2, -0.15) is 0 Å². The van der Waals surface area contributed by atoms with E-state index in [2.05, 4.69) is 6.92 Å². The van der Waals surface area contributed by atoms with Crippen molar-refractivity contribution >= 4 is 11.6 Å². The monoisotopic (exact) mass is 213 g/mol. The Morgan fingerprint density at radius 1 is 1.36 bits per heavy atom. The molecule has 0 saturated carbocycles. The molecule has 0 bridgehead atoms. The lowest BCUT2D eigenvalue weighted by atomic mass is 9.95. The number of aliphatic hydroxyl groups is 1. The fourth-order valence-electron chi connectivity index (χ4n) is 1.43. The largest absolute Gasteiger partial charge is 0.392 e. The molecule has 2 unspecified atom stereocenters. The lowest BCUT2D eigenvalue weighted by molar-refractivity contribution is 0.165. The number of aliphatic hydroxyl groups excluding tert-OH is 1.